The highest BCUT2D eigenvalue weighted by Crippen LogP contribution is 2.23. The molecule has 7 heteroatoms. The van der Waals surface area contributed by atoms with Crippen molar-refractivity contribution in [1.29, 1.82) is 0 Å². The zero-order chi connectivity index (χ0) is 19.1. The van der Waals surface area contributed by atoms with Gasteiger partial charge in [0.15, 0.2) is 12.4 Å². The summed E-state index contributed by atoms with van der Waals surface area (Å²) in [6.07, 6.45) is 1.36. The van der Waals surface area contributed by atoms with Crippen molar-refractivity contribution < 1.29 is 23.5 Å². The summed E-state index contributed by atoms with van der Waals surface area (Å²) in [5.74, 6) is -1.36. The number of carbonyl (C=O) groups excluding carboxylic acids is 3. The maximum atomic E-state index is 12.0. The van der Waals surface area contributed by atoms with E-state index >= 15 is 0 Å². The van der Waals surface area contributed by atoms with Crippen LogP contribution in [0.2, 0.25) is 0 Å². The second-order valence-corrected chi connectivity index (χ2v) is 6.07. The van der Waals surface area contributed by atoms with Gasteiger partial charge in [0.05, 0.1) is 6.26 Å². The van der Waals surface area contributed by atoms with Crippen molar-refractivity contribution in [3.05, 3.63) is 54.0 Å². The molecule has 2 rings (SSSR count). The topological polar surface area (TPSA) is 97.6 Å². The number of amides is 2. The Hall–Kier alpha value is -3.09. The third-order valence-corrected chi connectivity index (χ3v) is 3.65. The lowest BCUT2D eigenvalue weighted by atomic mass is 10.0. The summed E-state index contributed by atoms with van der Waals surface area (Å²) >= 11 is 0. The molecule has 1 aromatic carbocycles. The molecular weight excluding hydrogens is 336 g/mol. The van der Waals surface area contributed by atoms with E-state index < -0.39 is 30.4 Å². The molecule has 0 aliphatic rings. The molecule has 0 spiro atoms. The van der Waals surface area contributed by atoms with Crippen LogP contribution in [0.25, 0.3) is 0 Å². The van der Waals surface area contributed by atoms with E-state index in [4.69, 9.17) is 9.15 Å². The maximum Gasteiger partial charge on any atom is 0.328 e. The Labute approximate surface area is 151 Å². The Morgan fingerprint density at radius 3 is 2.46 bits per heavy atom. The first-order valence-electron chi connectivity index (χ1n) is 8.28. The molecule has 1 heterocycles. The molecule has 0 aliphatic heterocycles. The van der Waals surface area contributed by atoms with Crippen LogP contribution in [-0.4, -0.2) is 30.4 Å². The summed E-state index contributed by atoms with van der Waals surface area (Å²) in [5.41, 5.74) is 1.67. The van der Waals surface area contributed by atoms with Crippen LogP contribution in [0, 0.1) is 0 Å². The van der Waals surface area contributed by atoms with Gasteiger partial charge < -0.3 is 19.8 Å². The van der Waals surface area contributed by atoms with Crippen molar-refractivity contribution in [3.8, 4) is 0 Å². The van der Waals surface area contributed by atoms with Gasteiger partial charge in [-0.3, -0.25) is 9.59 Å². The minimum absolute atomic E-state index is 0.0904. The average Bonchev–Trinajstić information content (AvgIpc) is 3.14. The molecule has 0 fully saturated rings. The van der Waals surface area contributed by atoms with E-state index in [0.29, 0.717) is 5.69 Å². The van der Waals surface area contributed by atoms with Crippen LogP contribution in [-0.2, 0) is 14.3 Å². The Balaban J connectivity index is 1.83. The normalized spacial score (nSPS) is 11.7. The molecule has 1 atom stereocenters. The number of nitrogens with one attached hydrogen (secondary N) is 2. The lowest BCUT2D eigenvalue weighted by Crippen LogP contribution is -2.40. The molecule has 0 bridgehead atoms. The van der Waals surface area contributed by atoms with Crippen molar-refractivity contribution in [2.45, 2.75) is 32.7 Å². The molecule has 7 nitrogen and oxygen atoms in total. The summed E-state index contributed by atoms with van der Waals surface area (Å²) in [6, 6.07) is 9.57. The van der Waals surface area contributed by atoms with E-state index in [1.54, 1.807) is 12.1 Å². The van der Waals surface area contributed by atoms with Crippen LogP contribution in [0.15, 0.2) is 47.1 Å². The highest BCUT2D eigenvalue weighted by molar-refractivity contribution is 5.96. The van der Waals surface area contributed by atoms with Crippen LogP contribution in [0.1, 0.15) is 42.8 Å². The highest BCUT2D eigenvalue weighted by atomic mass is 16.5. The summed E-state index contributed by atoms with van der Waals surface area (Å²) in [7, 11) is 0. The second-order valence-electron chi connectivity index (χ2n) is 6.07. The maximum absolute atomic E-state index is 12.0. The minimum Gasteiger partial charge on any atom is -0.459 e. The van der Waals surface area contributed by atoms with Gasteiger partial charge in [-0.1, -0.05) is 32.0 Å². The van der Waals surface area contributed by atoms with Gasteiger partial charge in [0.2, 0.25) is 0 Å². The lowest BCUT2D eigenvalue weighted by molar-refractivity contribution is -0.148. The first-order valence-corrected chi connectivity index (χ1v) is 8.28. The SMILES string of the molecule is CC(C)c1ccccc1NC(=O)COC(=O)[C@H](C)NC(=O)c1ccco1. The summed E-state index contributed by atoms with van der Waals surface area (Å²) in [5, 5.41) is 5.17. The van der Waals surface area contributed by atoms with Gasteiger partial charge in [-0.25, -0.2) is 4.79 Å². The molecule has 0 unspecified atom stereocenters. The van der Waals surface area contributed by atoms with E-state index in [1.807, 2.05) is 32.0 Å². The van der Waals surface area contributed by atoms with Gasteiger partial charge in [-0.2, -0.15) is 0 Å². The number of furan rings is 1. The fourth-order valence-electron chi connectivity index (χ4n) is 2.30. The second kappa shape index (κ2) is 8.84. The number of esters is 1. The van der Waals surface area contributed by atoms with Crippen LogP contribution >= 0.6 is 0 Å². The molecule has 0 saturated carbocycles. The van der Waals surface area contributed by atoms with E-state index in [9.17, 15) is 14.4 Å². The van der Waals surface area contributed by atoms with Gasteiger partial charge in [-0.05, 0) is 36.6 Å². The number of rotatable bonds is 7. The average molecular weight is 358 g/mol. The first kappa shape index (κ1) is 19.2. The largest absolute Gasteiger partial charge is 0.459 e. The van der Waals surface area contributed by atoms with Crippen LogP contribution in [0.5, 0.6) is 0 Å². The van der Waals surface area contributed by atoms with Crippen molar-refractivity contribution >= 4 is 23.5 Å². The molecule has 26 heavy (non-hydrogen) atoms. The zero-order valence-corrected chi connectivity index (χ0v) is 14.9. The molecular formula is C19H22N2O5. The van der Waals surface area contributed by atoms with Crippen molar-refractivity contribution in [1.82, 2.24) is 5.32 Å². The van der Waals surface area contributed by atoms with E-state index in [-0.39, 0.29) is 11.7 Å². The highest BCUT2D eigenvalue weighted by Gasteiger charge is 2.20. The fraction of sp³-hybridized carbons (Fsp3) is 0.316. The molecule has 2 amide bonds. The fourth-order valence-corrected chi connectivity index (χ4v) is 2.30. The van der Waals surface area contributed by atoms with E-state index in [0.717, 1.165) is 5.56 Å². The van der Waals surface area contributed by atoms with Crippen molar-refractivity contribution in [2.75, 3.05) is 11.9 Å². The standard InChI is InChI=1S/C19H22N2O5/c1-12(2)14-7-4-5-8-15(14)21-17(22)11-26-19(24)13(3)20-18(23)16-9-6-10-25-16/h4-10,12-13H,11H2,1-3H3,(H,20,23)(H,21,22)/t13-/m0/s1. The van der Waals surface area contributed by atoms with Gasteiger partial charge in [0, 0.05) is 5.69 Å². The molecule has 2 aromatic rings. The lowest BCUT2D eigenvalue weighted by Gasteiger charge is -2.15. The zero-order valence-electron chi connectivity index (χ0n) is 14.9. The predicted octanol–water partition coefficient (Wildman–Crippen LogP) is 2.70. The first-order chi connectivity index (χ1) is 12.4. The molecule has 2 N–H and O–H groups in total. The predicted molar refractivity (Wildman–Crippen MR) is 95.8 cm³/mol. The van der Waals surface area contributed by atoms with Crippen LogP contribution in [0.3, 0.4) is 0 Å². The quantitative estimate of drug-likeness (QED) is 0.742. The third kappa shape index (κ3) is 5.20. The van der Waals surface area contributed by atoms with Gasteiger partial charge >= 0.3 is 5.97 Å². The Kier molecular flexibility index (Phi) is 6.54. The monoisotopic (exact) mass is 358 g/mol. The van der Waals surface area contributed by atoms with E-state index in [2.05, 4.69) is 10.6 Å². The van der Waals surface area contributed by atoms with Gasteiger partial charge in [0.25, 0.3) is 11.8 Å². The Bertz CT molecular complexity index is 768. The number of para-hydroxylation sites is 1. The summed E-state index contributed by atoms with van der Waals surface area (Å²) in [6.45, 7) is 5.07. The molecule has 0 radical (unpaired) electrons. The van der Waals surface area contributed by atoms with Crippen LogP contribution < -0.4 is 10.6 Å². The van der Waals surface area contributed by atoms with Crippen molar-refractivity contribution in [3.63, 3.8) is 0 Å². The van der Waals surface area contributed by atoms with Crippen LogP contribution in [0.4, 0.5) is 5.69 Å². The molecule has 1 aromatic heterocycles. The number of benzene rings is 1. The smallest absolute Gasteiger partial charge is 0.328 e. The minimum atomic E-state index is -0.914. The molecule has 0 aliphatic carbocycles. The molecule has 138 valence electrons. The van der Waals surface area contributed by atoms with Gasteiger partial charge in [-0.15, -0.1) is 0 Å². The van der Waals surface area contributed by atoms with Crippen molar-refractivity contribution in [2.24, 2.45) is 0 Å². The summed E-state index contributed by atoms with van der Waals surface area (Å²) < 4.78 is 9.90. The van der Waals surface area contributed by atoms with E-state index in [1.165, 1.54) is 19.3 Å². The number of anilines is 1. The molecule has 0 saturated heterocycles. The number of hydrogen-bond donors (Lipinski definition) is 2. The number of ether oxygens (including phenoxy) is 1. The third-order valence-electron chi connectivity index (χ3n) is 3.65. The number of hydrogen-bond acceptors (Lipinski definition) is 5. The number of carbonyl (C=O) groups is 3. The van der Waals surface area contributed by atoms with Gasteiger partial charge in [0.1, 0.15) is 6.04 Å². The Morgan fingerprint density at radius 1 is 1.08 bits per heavy atom. The Morgan fingerprint density at radius 2 is 1.81 bits per heavy atom. The summed E-state index contributed by atoms with van der Waals surface area (Å²) in [4.78, 5) is 35.8.